The summed E-state index contributed by atoms with van der Waals surface area (Å²) in [6.07, 6.45) is 8.01. The van der Waals surface area contributed by atoms with E-state index >= 15 is 0 Å². The van der Waals surface area contributed by atoms with E-state index < -0.39 is 11.7 Å². The molecular formula is C20H33N3O3. The molecule has 3 amide bonds. The predicted octanol–water partition coefficient (Wildman–Crippen LogP) is 3.26. The third-order valence-corrected chi connectivity index (χ3v) is 6.61. The minimum absolute atomic E-state index is 0.0213. The van der Waals surface area contributed by atoms with Crippen molar-refractivity contribution in [2.75, 3.05) is 13.1 Å². The molecule has 0 unspecified atom stereocenters. The molecule has 1 heterocycles. The van der Waals surface area contributed by atoms with Crippen LogP contribution in [0.4, 0.5) is 9.59 Å². The van der Waals surface area contributed by atoms with Gasteiger partial charge in [0.2, 0.25) is 0 Å². The Kier molecular flexibility index (Phi) is 4.35. The Labute approximate surface area is 156 Å². The van der Waals surface area contributed by atoms with E-state index in [2.05, 4.69) is 10.6 Å². The van der Waals surface area contributed by atoms with Crippen LogP contribution in [0, 0.1) is 17.8 Å². The second kappa shape index (κ2) is 6.31. The highest BCUT2D eigenvalue weighted by atomic mass is 16.6. The average Bonchev–Trinajstić information content (AvgIpc) is 2.91. The van der Waals surface area contributed by atoms with E-state index in [1.54, 1.807) is 0 Å². The highest BCUT2D eigenvalue weighted by Gasteiger charge is 2.52. The number of carbonyl (C=O) groups excluding carboxylic acids is 2. The molecule has 4 aliphatic carbocycles. The van der Waals surface area contributed by atoms with Crippen molar-refractivity contribution in [3.63, 3.8) is 0 Å². The van der Waals surface area contributed by atoms with Crippen molar-refractivity contribution in [1.29, 1.82) is 0 Å². The van der Waals surface area contributed by atoms with E-state index in [1.165, 1.54) is 38.5 Å². The lowest BCUT2D eigenvalue weighted by atomic mass is 9.53. The first kappa shape index (κ1) is 17.9. The van der Waals surface area contributed by atoms with Crippen molar-refractivity contribution in [1.82, 2.24) is 15.5 Å². The highest BCUT2D eigenvalue weighted by molar-refractivity contribution is 5.76. The zero-order valence-corrected chi connectivity index (χ0v) is 16.3. The molecule has 0 spiro atoms. The van der Waals surface area contributed by atoms with Gasteiger partial charge in [0.25, 0.3) is 0 Å². The van der Waals surface area contributed by atoms with Crippen LogP contribution in [0.25, 0.3) is 0 Å². The van der Waals surface area contributed by atoms with Crippen LogP contribution < -0.4 is 10.6 Å². The van der Waals surface area contributed by atoms with Crippen LogP contribution in [-0.4, -0.2) is 47.3 Å². The van der Waals surface area contributed by atoms with Crippen LogP contribution in [0.5, 0.6) is 0 Å². The van der Waals surface area contributed by atoms with Crippen LogP contribution in [0.15, 0.2) is 0 Å². The van der Waals surface area contributed by atoms with E-state index in [4.69, 9.17) is 4.74 Å². The molecule has 2 N–H and O–H groups in total. The molecule has 4 bridgehead atoms. The third kappa shape index (κ3) is 3.79. The summed E-state index contributed by atoms with van der Waals surface area (Å²) in [5, 5.41) is 6.32. The number of amides is 3. The summed E-state index contributed by atoms with van der Waals surface area (Å²) in [6, 6.07) is 0.0346. The summed E-state index contributed by atoms with van der Waals surface area (Å²) in [4.78, 5) is 26.7. The molecule has 5 fully saturated rings. The van der Waals surface area contributed by atoms with Gasteiger partial charge in [-0.1, -0.05) is 0 Å². The minimum atomic E-state index is -0.502. The second-order valence-electron chi connectivity index (χ2n) is 10.2. The van der Waals surface area contributed by atoms with Crippen molar-refractivity contribution in [2.45, 2.75) is 82.9 Å². The smallest absolute Gasteiger partial charge is 0.407 e. The van der Waals surface area contributed by atoms with Gasteiger partial charge in [-0.05, 0) is 83.5 Å². The zero-order chi connectivity index (χ0) is 18.5. The molecule has 0 aromatic carbocycles. The average molecular weight is 364 g/mol. The number of hydrogen-bond acceptors (Lipinski definition) is 3. The highest BCUT2D eigenvalue weighted by Crippen LogP contribution is 2.55. The fraction of sp³-hybridized carbons (Fsp3) is 0.900. The van der Waals surface area contributed by atoms with Crippen LogP contribution in [0.1, 0.15) is 65.7 Å². The zero-order valence-electron chi connectivity index (χ0n) is 16.3. The maximum Gasteiger partial charge on any atom is 0.407 e. The number of hydrogen-bond donors (Lipinski definition) is 2. The van der Waals surface area contributed by atoms with Gasteiger partial charge in [0.1, 0.15) is 5.60 Å². The number of carbonyl (C=O) groups is 2. The molecule has 0 aromatic heterocycles. The van der Waals surface area contributed by atoms with Crippen LogP contribution in [0.3, 0.4) is 0 Å². The van der Waals surface area contributed by atoms with Gasteiger partial charge in [-0.2, -0.15) is 0 Å². The Morgan fingerprint density at radius 2 is 1.62 bits per heavy atom. The lowest BCUT2D eigenvalue weighted by Gasteiger charge is -2.57. The number of nitrogens with one attached hydrogen (secondary N) is 2. The lowest BCUT2D eigenvalue weighted by Crippen LogP contribution is -2.61. The summed E-state index contributed by atoms with van der Waals surface area (Å²) in [6.45, 7) is 6.82. The molecule has 6 heteroatoms. The van der Waals surface area contributed by atoms with Gasteiger partial charge < -0.3 is 20.3 Å². The van der Waals surface area contributed by atoms with Gasteiger partial charge >= 0.3 is 12.1 Å². The number of likely N-dealkylation sites (tertiary alicyclic amines) is 1. The molecule has 5 aliphatic rings. The maximum absolute atomic E-state index is 12.9. The quantitative estimate of drug-likeness (QED) is 0.791. The third-order valence-electron chi connectivity index (χ3n) is 6.61. The lowest BCUT2D eigenvalue weighted by molar-refractivity contribution is -0.0153. The second-order valence-corrected chi connectivity index (χ2v) is 10.2. The van der Waals surface area contributed by atoms with Crippen LogP contribution >= 0.6 is 0 Å². The van der Waals surface area contributed by atoms with E-state index in [0.29, 0.717) is 13.1 Å². The van der Waals surface area contributed by atoms with Crippen molar-refractivity contribution in [3.8, 4) is 0 Å². The first-order valence-electron chi connectivity index (χ1n) is 10.3. The molecule has 26 heavy (non-hydrogen) atoms. The molecule has 1 aliphatic heterocycles. The molecule has 1 atom stereocenters. The Hall–Kier alpha value is -1.46. The Morgan fingerprint density at radius 3 is 2.15 bits per heavy atom. The summed E-state index contributed by atoms with van der Waals surface area (Å²) in [7, 11) is 0. The SMILES string of the molecule is CC(C)(C)OC(=O)N[C@@H]1CCN(C(=O)NC23CC4CC(CC(C4)C2)C3)C1. The number of ether oxygens (including phenoxy) is 1. The van der Waals surface area contributed by atoms with Crippen molar-refractivity contribution < 1.29 is 14.3 Å². The van der Waals surface area contributed by atoms with Crippen LogP contribution in [-0.2, 0) is 4.74 Å². The molecule has 6 nitrogen and oxygen atoms in total. The van der Waals surface area contributed by atoms with Gasteiger partial charge in [-0.15, -0.1) is 0 Å². The fourth-order valence-corrected chi connectivity index (χ4v) is 6.11. The van der Waals surface area contributed by atoms with E-state index in [0.717, 1.165) is 24.2 Å². The van der Waals surface area contributed by atoms with Crippen molar-refractivity contribution in [3.05, 3.63) is 0 Å². The summed E-state index contributed by atoms with van der Waals surface area (Å²) in [5.74, 6) is 2.46. The standard InChI is InChI=1S/C20H33N3O3/c1-19(2,3)26-18(25)21-16-4-5-23(12-16)17(24)22-20-9-13-6-14(10-20)8-15(7-13)11-20/h13-16H,4-12H2,1-3H3,(H,21,25)(H,22,24)/t13?,14?,15?,16-,20?/m1/s1. The first-order valence-corrected chi connectivity index (χ1v) is 10.3. The molecule has 4 saturated carbocycles. The number of rotatable bonds is 2. The topological polar surface area (TPSA) is 70.7 Å². The number of nitrogens with zero attached hydrogens (tertiary/aromatic N) is 1. The fourth-order valence-electron chi connectivity index (χ4n) is 6.11. The van der Waals surface area contributed by atoms with Crippen LogP contribution in [0.2, 0.25) is 0 Å². The molecule has 1 saturated heterocycles. The van der Waals surface area contributed by atoms with Gasteiger partial charge in [-0.3, -0.25) is 0 Å². The Balaban J connectivity index is 1.29. The largest absolute Gasteiger partial charge is 0.444 e. The molecule has 5 rings (SSSR count). The van der Waals surface area contributed by atoms with Gasteiger partial charge in [0, 0.05) is 18.6 Å². The normalized spacial score (nSPS) is 38.3. The monoisotopic (exact) mass is 363 g/mol. The molecule has 146 valence electrons. The molecular weight excluding hydrogens is 330 g/mol. The first-order chi connectivity index (χ1) is 12.2. The minimum Gasteiger partial charge on any atom is -0.444 e. The number of alkyl carbamates (subject to hydrolysis) is 1. The Bertz CT molecular complexity index is 548. The van der Waals surface area contributed by atoms with E-state index in [-0.39, 0.29) is 17.6 Å². The summed E-state index contributed by atoms with van der Waals surface area (Å²) in [5.41, 5.74) is -0.458. The summed E-state index contributed by atoms with van der Waals surface area (Å²) < 4.78 is 5.32. The Morgan fingerprint density at radius 1 is 1.04 bits per heavy atom. The molecule has 0 aromatic rings. The predicted molar refractivity (Wildman–Crippen MR) is 98.8 cm³/mol. The van der Waals surface area contributed by atoms with Crippen molar-refractivity contribution >= 4 is 12.1 Å². The number of urea groups is 1. The maximum atomic E-state index is 12.9. The van der Waals surface area contributed by atoms with Gasteiger partial charge in [0.15, 0.2) is 0 Å². The summed E-state index contributed by atoms with van der Waals surface area (Å²) >= 11 is 0. The van der Waals surface area contributed by atoms with Gasteiger partial charge in [-0.25, -0.2) is 9.59 Å². The van der Waals surface area contributed by atoms with Gasteiger partial charge in [0.05, 0.1) is 6.04 Å². The van der Waals surface area contributed by atoms with E-state index in [9.17, 15) is 9.59 Å². The van der Waals surface area contributed by atoms with Crippen molar-refractivity contribution in [2.24, 2.45) is 17.8 Å². The van der Waals surface area contributed by atoms with E-state index in [1.807, 2.05) is 25.7 Å². The molecule has 0 radical (unpaired) electrons.